The highest BCUT2D eigenvalue weighted by Crippen LogP contribution is 2.59. The number of carbonyl (C=O) groups is 2. The third kappa shape index (κ3) is 1.64. The van der Waals surface area contributed by atoms with Crippen LogP contribution >= 0.6 is 0 Å². The van der Waals surface area contributed by atoms with Gasteiger partial charge in [0.25, 0.3) is 0 Å². The van der Waals surface area contributed by atoms with Crippen molar-refractivity contribution in [3.63, 3.8) is 0 Å². The van der Waals surface area contributed by atoms with Crippen LogP contribution in [0.25, 0.3) is 0 Å². The Balaban J connectivity index is 1.71. The van der Waals surface area contributed by atoms with Crippen LogP contribution in [-0.4, -0.2) is 47.2 Å². The van der Waals surface area contributed by atoms with Gasteiger partial charge in [-0.25, -0.2) is 0 Å². The molecule has 1 N–H and O–H groups in total. The summed E-state index contributed by atoms with van der Waals surface area (Å²) in [6, 6.07) is 0. The topological polar surface area (TPSA) is 66.8 Å². The van der Waals surface area contributed by atoms with Crippen molar-refractivity contribution in [2.45, 2.75) is 38.9 Å². The second kappa shape index (κ2) is 3.70. The first kappa shape index (κ1) is 12.0. The average molecular weight is 253 g/mol. The number of ether oxygens (including phenoxy) is 1. The van der Waals surface area contributed by atoms with Gasteiger partial charge in [0.15, 0.2) is 0 Å². The zero-order valence-electron chi connectivity index (χ0n) is 10.8. The Kier molecular flexibility index (Phi) is 2.46. The van der Waals surface area contributed by atoms with Crippen molar-refractivity contribution in [3.8, 4) is 0 Å². The highest BCUT2D eigenvalue weighted by molar-refractivity contribution is 5.91. The van der Waals surface area contributed by atoms with Crippen molar-refractivity contribution < 1.29 is 19.4 Å². The molecule has 100 valence electrons. The third-order valence-electron chi connectivity index (χ3n) is 4.71. The normalized spacial score (nSPS) is 40.7. The highest BCUT2D eigenvalue weighted by Gasteiger charge is 2.66. The molecule has 0 aromatic rings. The molecule has 0 spiro atoms. The lowest BCUT2D eigenvalue weighted by Gasteiger charge is -2.32. The summed E-state index contributed by atoms with van der Waals surface area (Å²) < 4.78 is 5.69. The summed E-state index contributed by atoms with van der Waals surface area (Å²) in [6.07, 6.45) is 2.37. The fourth-order valence-corrected chi connectivity index (χ4v) is 3.55. The lowest BCUT2D eigenvalue weighted by Crippen LogP contribution is -2.47. The Labute approximate surface area is 106 Å². The Hall–Kier alpha value is -1.10. The Bertz CT molecular complexity index is 394. The van der Waals surface area contributed by atoms with Crippen LogP contribution in [0.2, 0.25) is 0 Å². The van der Waals surface area contributed by atoms with Gasteiger partial charge in [0, 0.05) is 13.1 Å². The average Bonchev–Trinajstić information content (AvgIpc) is 2.73. The second-order valence-electron chi connectivity index (χ2n) is 6.32. The van der Waals surface area contributed by atoms with Crippen molar-refractivity contribution >= 4 is 11.9 Å². The SMILES string of the molecule is CC1(C)C(C(=O)O)C1C(=O)N1CC2CCC(C1)O2. The van der Waals surface area contributed by atoms with Crippen molar-refractivity contribution in [2.75, 3.05) is 13.1 Å². The highest BCUT2D eigenvalue weighted by atomic mass is 16.5. The number of carbonyl (C=O) groups excluding carboxylic acids is 1. The summed E-state index contributed by atoms with van der Waals surface area (Å²) in [5.74, 6) is -1.72. The summed E-state index contributed by atoms with van der Waals surface area (Å²) in [5, 5.41) is 9.13. The Morgan fingerprint density at radius 3 is 2.17 bits per heavy atom. The molecule has 0 aromatic heterocycles. The monoisotopic (exact) mass is 253 g/mol. The summed E-state index contributed by atoms with van der Waals surface area (Å²) >= 11 is 0. The molecule has 1 amide bonds. The Morgan fingerprint density at radius 1 is 1.17 bits per heavy atom. The molecule has 4 unspecified atom stereocenters. The van der Waals surface area contributed by atoms with E-state index in [1.807, 2.05) is 18.7 Å². The first-order valence-corrected chi connectivity index (χ1v) is 6.58. The molecular weight excluding hydrogens is 234 g/mol. The van der Waals surface area contributed by atoms with Gasteiger partial charge in [-0.3, -0.25) is 9.59 Å². The first-order valence-electron chi connectivity index (χ1n) is 6.58. The maximum absolute atomic E-state index is 12.4. The number of hydrogen-bond donors (Lipinski definition) is 1. The number of hydrogen-bond acceptors (Lipinski definition) is 3. The number of amides is 1. The fraction of sp³-hybridized carbons (Fsp3) is 0.846. The quantitative estimate of drug-likeness (QED) is 0.788. The molecule has 2 heterocycles. The van der Waals surface area contributed by atoms with Crippen LogP contribution in [0, 0.1) is 17.3 Å². The van der Waals surface area contributed by atoms with E-state index in [1.165, 1.54) is 0 Å². The van der Waals surface area contributed by atoms with E-state index >= 15 is 0 Å². The molecule has 3 rings (SSSR count). The van der Waals surface area contributed by atoms with Crippen LogP contribution in [-0.2, 0) is 14.3 Å². The molecule has 3 aliphatic rings. The van der Waals surface area contributed by atoms with Crippen LogP contribution in [0.15, 0.2) is 0 Å². The first-order chi connectivity index (χ1) is 8.41. The zero-order chi connectivity index (χ0) is 13.1. The molecule has 2 bridgehead atoms. The molecule has 1 saturated carbocycles. The van der Waals surface area contributed by atoms with Crippen molar-refractivity contribution in [2.24, 2.45) is 17.3 Å². The van der Waals surface area contributed by atoms with E-state index in [0.717, 1.165) is 12.8 Å². The predicted octanol–water partition coefficient (Wildman–Crippen LogP) is 0.733. The molecule has 2 saturated heterocycles. The number of carboxylic acids is 1. The predicted molar refractivity (Wildman–Crippen MR) is 62.9 cm³/mol. The summed E-state index contributed by atoms with van der Waals surface area (Å²) in [5.41, 5.74) is -0.403. The number of nitrogens with zero attached hydrogens (tertiary/aromatic N) is 1. The van der Waals surface area contributed by atoms with Gasteiger partial charge in [0.2, 0.25) is 5.91 Å². The molecule has 5 nitrogen and oxygen atoms in total. The van der Waals surface area contributed by atoms with E-state index in [-0.39, 0.29) is 24.0 Å². The number of morpholine rings is 1. The summed E-state index contributed by atoms with van der Waals surface area (Å²) in [4.78, 5) is 25.4. The van der Waals surface area contributed by atoms with Crippen LogP contribution in [0.1, 0.15) is 26.7 Å². The van der Waals surface area contributed by atoms with Gasteiger partial charge >= 0.3 is 5.97 Å². The molecule has 3 fully saturated rings. The van der Waals surface area contributed by atoms with E-state index in [1.54, 1.807) is 0 Å². The van der Waals surface area contributed by atoms with E-state index in [9.17, 15) is 9.59 Å². The van der Waals surface area contributed by atoms with E-state index in [2.05, 4.69) is 0 Å². The maximum atomic E-state index is 12.4. The van der Waals surface area contributed by atoms with Crippen molar-refractivity contribution in [3.05, 3.63) is 0 Å². The number of likely N-dealkylation sites (tertiary alicyclic amines) is 1. The smallest absolute Gasteiger partial charge is 0.307 e. The number of aliphatic carboxylic acids is 1. The van der Waals surface area contributed by atoms with Gasteiger partial charge < -0.3 is 14.7 Å². The second-order valence-corrected chi connectivity index (χ2v) is 6.32. The van der Waals surface area contributed by atoms with Crippen LogP contribution in [0.3, 0.4) is 0 Å². The molecule has 0 aromatic carbocycles. The minimum absolute atomic E-state index is 0.00704. The molecule has 2 aliphatic heterocycles. The van der Waals surface area contributed by atoms with Gasteiger partial charge in [-0.1, -0.05) is 13.8 Å². The standard InChI is InChI=1S/C13H19NO4/c1-13(2)9(10(13)12(16)17)11(15)14-5-7-3-4-8(6-14)18-7/h7-10H,3-6H2,1-2H3,(H,16,17). The van der Waals surface area contributed by atoms with Gasteiger partial charge in [-0.15, -0.1) is 0 Å². The maximum Gasteiger partial charge on any atom is 0.307 e. The molecular formula is C13H19NO4. The number of carboxylic acid groups (broad SMARTS) is 1. The minimum Gasteiger partial charge on any atom is -0.481 e. The molecule has 4 atom stereocenters. The van der Waals surface area contributed by atoms with Crippen molar-refractivity contribution in [1.82, 2.24) is 4.90 Å². The lowest BCUT2D eigenvalue weighted by atomic mass is 10.1. The van der Waals surface area contributed by atoms with E-state index in [4.69, 9.17) is 9.84 Å². The fourth-order valence-electron chi connectivity index (χ4n) is 3.55. The minimum atomic E-state index is -0.852. The van der Waals surface area contributed by atoms with Crippen LogP contribution in [0.4, 0.5) is 0 Å². The van der Waals surface area contributed by atoms with E-state index in [0.29, 0.717) is 13.1 Å². The molecule has 5 heteroatoms. The lowest BCUT2D eigenvalue weighted by molar-refractivity contribution is -0.145. The van der Waals surface area contributed by atoms with Gasteiger partial charge in [-0.2, -0.15) is 0 Å². The van der Waals surface area contributed by atoms with E-state index < -0.39 is 17.3 Å². The molecule has 1 aliphatic carbocycles. The van der Waals surface area contributed by atoms with Crippen LogP contribution in [0.5, 0.6) is 0 Å². The third-order valence-corrected chi connectivity index (χ3v) is 4.71. The van der Waals surface area contributed by atoms with Crippen molar-refractivity contribution in [1.29, 1.82) is 0 Å². The number of rotatable bonds is 2. The zero-order valence-corrected chi connectivity index (χ0v) is 10.8. The summed E-state index contributed by atoms with van der Waals surface area (Å²) in [6.45, 7) is 5.00. The Morgan fingerprint density at radius 2 is 1.72 bits per heavy atom. The van der Waals surface area contributed by atoms with Gasteiger partial charge in [0.05, 0.1) is 24.0 Å². The van der Waals surface area contributed by atoms with Gasteiger partial charge in [0.1, 0.15) is 0 Å². The number of fused-ring (bicyclic) bond motifs is 2. The van der Waals surface area contributed by atoms with Gasteiger partial charge in [-0.05, 0) is 18.3 Å². The molecule has 18 heavy (non-hydrogen) atoms. The molecule has 0 radical (unpaired) electrons. The van der Waals surface area contributed by atoms with Crippen LogP contribution < -0.4 is 0 Å². The summed E-state index contributed by atoms with van der Waals surface area (Å²) in [7, 11) is 0. The largest absolute Gasteiger partial charge is 0.481 e.